The largest absolute Gasteiger partial charge is 0.508 e. The number of hydrogen-bond acceptors (Lipinski definition) is 12. The number of aromatic hydroxyl groups is 2. The number of methoxy groups -OCH3 is 1. The minimum absolute atomic E-state index is 0.000840. The number of aryl methyl sites for hydroxylation is 1. The van der Waals surface area contributed by atoms with Gasteiger partial charge in [-0.25, -0.2) is 0 Å². The van der Waals surface area contributed by atoms with Crippen molar-refractivity contribution in [3.05, 3.63) is 82.9 Å². The summed E-state index contributed by atoms with van der Waals surface area (Å²) in [5.74, 6) is 1.03. The average molecular weight is 763 g/mol. The first-order valence-electron chi connectivity index (χ1n) is 18.2. The van der Waals surface area contributed by atoms with Crippen LogP contribution in [0.25, 0.3) is 21.9 Å². The Bertz CT molecular complexity index is 1910. The molecule has 10 nitrogen and oxygen atoms in total. The van der Waals surface area contributed by atoms with Crippen molar-refractivity contribution in [1.82, 2.24) is 5.32 Å². The van der Waals surface area contributed by atoms with E-state index in [-0.39, 0.29) is 47.9 Å². The van der Waals surface area contributed by atoms with Crippen LogP contribution in [0.4, 0.5) is 5.69 Å². The first-order valence-corrected chi connectivity index (χ1v) is 20.6. The van der Waals surface area contributed by atoms with Gasteiger partial charge in [-0.2, -0.15) is 0 Å². The van der Waals surface area contributed by atoms with Crippen LogP contribution in [0.1, 0.15) is 67.5 Å². The first-order chi connectivity index (χ1) is 25.6. The van der Waals surface area contributed by atoms with Crippen LogP contribution < -0.4 is 15.4 Å². The van der Waals surface area contributed by atoms with Gasteiger partial charge in [-0.1, -0.05) is 51.9 Å². The Labute approximate surface area is 318 Å². The summed E-state index contributed by atoms with van der Waals surface area (Å²) in [6.45, 7) is 1.83. The molecule has 4 aromatic rings. The average Bonchev–Trinajstić information content (AvgIpc) is 3.15. The van der Waals surface area contributed by atoms with Gasteiger partial charge < -0.3 is 40.3 Å². The highest BCUT2D eigenvalue weighted by Crippen LogP contribution is 2.48. The van der Waals surface area contributed by atoms with Gasteiger partial charge in [0.15, 0.2) is 11.5 Å². The summed E-state index contributed by atoms with van der Waals surface area (Å²) in [5.41, 5.74) is 5.59. The van der Waals surface area contributed by atoms with E-state index >= 15 is 0 Å². The summed E-state index contributed by atoms with van der Waals surface area (Å²) in [6, 6.07) is 18.4. The maximum atomic E-state index is 14.0. The number of ketones is 1. The number of nitrogens with one attached hydrogen (secondary N) is 2. The van der Waals surface area contributed by atoms with Crippen molar-refractivity contribution in [1.29, 1.82) is 0 Å². The van der Waals surface area contributed by atoms with Crippen molar-refractivity contribution in [2.75, 3.05) is 26.0 Å². The molecule has 2 heterocycles. The third-order valence-corrected chi connectivity index (χ3v) is 13.2. The van der Waals surface area contributed by atoms with E-state index < -0.39 is 24.5 Å². The molecule has 0 spiro atoms. The molecule has 3 aliphatic rings. The number of carbonyl (C=O) groups excluding carboxylic acids is 1. The zero-order valence-corrected chi connectivity index (χ0v) is 32.0. The van der Waals surface area contributed by atoms with Crippen LogP contribution in [0.3, 0.4) is 0 Å². The highest BCUT2D eigenvalue weighted by molar-refractivity contribution is 8.76. The normalized spacial score (nSPS) is 22.2. The molecule has 2 aliphatic heterocycles. The van der Waals surface area contributed by atoms with Crippen molar-refractivity contribution < 1.29 is 39.8 Å². The fourth-order valence-corrected chi connectivity index (χ4v) is 10.5. The van der Waals surface area contributed by atoms with Crippen LogP contribution in [0, 0.1) is 5.92 Å². The van der Waals surface area contributed by atoms with Crippen molar-refractivity contribution in [2.24, 2.45) is 5.92 Å². The predicted octanol–water partition coefficient (Wildman–Crippen LogP) is 6.83. The van der Waals surface area contributed by atoms with Crippen molar-refractivity contribution in [3.63, 3.8) is 0 Å². The number of rotatable bonds is 9. The Balaban J connectivity index is 1.34. The lowest BCUT2D eigenvalue weighted by atomic mass is 9.81. The van der Waals surface area contributed by atoms with Crippen LogP contribution in [-0.4, -0.2) is 75.6 Å². The second-order valence-electron chi connectivity index (χ2n) is 14.1. The fourth-order valence-electron chi connectivity index (χ4n) is 7.62. The van der Waals surface area contributed by atoms with Crippen LogP contribution in [0.2, 0.25) is 0 Å². The van der Waals surface area contributed by atoms with Crippen molar-refractivity contribution in [3.8, 4) is 28.4 Å². The Morgan fingerprint density at radius 2 is 1.83 bits per heavy atom. The van der Waals surface area contributed by atoms with Crippen LogP contribution in [-0.2, 0) is 28.3 Å². The molecule has 1 aliphatic carbocycles. The number of carbonyl (C=O) groups is 1. The van der Waals surface area contributed by atoms with Gasteiger partial charge in [-0.05, 0) is 109 Å². The van der Waals surface area contributed by atoms with Crippen LogP contribution in [0.5, 0.6) is 17.2 Å². The molecule has 7 N–H and O–H groups in total. The molecular weight excluding hydrogens is 713 g/mol. The van der Waals surface area contributed by atoms with Crippen LogP contribution in [0.15, 0.2) is 60.7 Å². The van der Waals surface area contributed by atoms with E-state index in [2.05, 4.69) is 10.6 Å². The summed E-state index contributed by atoms with van der Waals surface area (Å²) in [7, 11) is 6.64. The first kappa shape index (κ1) is 39.2. The van der Waals surface area contributed by atoms with E-state index in [4.69, 9.17) is 9.47 Å². The molecule has 0 amide bonds. The molecule has 1 saturated carbocycles. The second-order valence-corrected chi connectivity index (χ2v) is 16.7. The van der Waals surface area contributed by atoms with Gasteiger partial charge in [0, 0.05) is 47.2 Å². The molecule has 1 fully saturated rings. The summed E-state index contributed by atoms with van der Waals surface area (Å²) >= 11 is 0. The maximum Gasteiger partial charge on any atom is 0.168 e. The predicted molar refractivity (Wildman–Crippen MR) is 212 cm³/mol. The Morgan fingerprint density at radius 1 is 1.02 bits per heavy atom. The minimum Gasteiger partial charge on any atom is -0.508 e. The number of hydrogen-bond donors (Lipinski definition) is 7. The van der Waals surface area contributed by atoms with E-state index in [9.17, 15) is 30.3 Å². The van der Waals surface area contributed by atoms with E-state index in [1.165, 1.54) is 7.11 Å². The van der Waals surface area contributed by atoms with Gasteiger partial charge in [-0.3, -0.25) is 10.1 Å². The van der Waals surface area contributed by atoms with Gasteiger partial charge in [0.25, 0.3) is 0 Å². The molecule has 0 unspecified atom stereocenters. The van der Waals surface area contributed by atoms with Crippen molar-refractivity contribution >= 4 is 43.8 Å². The van der Waals surface area contributed by atoms with E-state index in [1.807, 2.05) is 42.5 Å². The number of aliphatic hydroxyl groups is 3. The zero-order valence-electron chi connectivity index (χ0n) is 30.4. The molecular formula is C41H50N2O8S2. The number of phenols is 2. The molecule has 6 atom stereocenters. The number of anilines is 1. The molecule has 12 heteroatoms. The Morgan fingerprint density at radius 3 is 2.57 bits per heavy atom. The van der Waals surface area contributed by atoms with E-state index in [1.54, 1.807) is 53.8 Å². The lowest BCUT2D eigenvalue weighted by Crippen LogP contribution is -2.40. The topological polar surface area (TPSA) is 161 Å². The molecule has 7 rings (SSSR count). The highest BCUT2D eigenvalue weighted by Gasteiger charge is 2.37. The number of ether oxygens (including phenoxy) is 2. The number of fused-ring (bicyclic) bond motifs is 9. The SMILES string of the molecule is CN[C@H](O[C@@H]1CC(=O)CCc2ccc(O)c(OC)c2-c2ccc3ccc(O)cc3c2CSS[C@@H]2CC[C@@H]1C[C@@H]2O)c1ccc(NC[C@H](C)O)c(CO)c1. The monoisotopic (exact) mass is 762 g/mol. The molecule has 2 bridgehead atoms. The van der Waals surface area contributed by atoms with E-state index in [0.29, 0.717) is 42.0 Å². The Kier molecular flexibility index (Phi) is 13.1. The summed E-state index contributed by atoms with van der Waals surface area (Å²) in [4.78, 5) is 14.0. The molecule has 4 aromatic carbocycles. The number of Topliss-reactive ketones (excluding diaryl/α,β-unsaturated/α-hetero) is 1. The molecule has 0 aromatic heterocycles. The van der Waals surface area contributed by atoms with Gasteiger partial charge in [0.05, 0.1) is 32.0 Å². The summed E-state index contributed by atoms with van der Waals surface area (Å²) in [5, 5.41) is 61.1. The van der Waals surface area contributed by atoms with Gasteiger partial charge in [0.1, 0.15) is 17.8 Å². The van der Waals surface area contributed by atoms with Crippen molar-refractivity contribution in [2.45, 2.75) is 87.6 Å². The minimum atomic E-state index is -0.595. The third kappa shape index (κ3) is 9.08. The lowest BCUT2D eigenvalue weighted by molar-refractivity contribution is -0.128. The van der Waals surface area contributed by atoms with Crippen LogP contribution >= 0.6 is 21.6 Å². The quantitative estimate of drug-likeness (QED) is 0.0705. The highest BCUT2D eigenvalue weighted by atomic mass is 33.1. The van der Waals surface area contributed by atoms with Gasteiger partial charge in [0.2, 0.25) is 0 Å². The molecule has 284 valence electrons. The zero-order chi connectivity index (χ0) is 37.6. The Hall–Kier alpha value is -3.49. The van der Waals surface area contributed by atoms with Gasteiger partial charge in [-0.15, -0.1) is 0 Å². The maximum absolute atomic E-state index is 14.0. The second kappa shape index (κ2) is 17.8. The molecule has 53 heavy (non-hydrogen) atoms. The molecule has 0 radical (unpaired) electrons. The number of aliphatic hydroxyl groups excluding tert-OH is 3. The smallest absolute Gasteiger partial charge is 0.168 e. The molecule has 0 saturated heterocycles. The number of phenolic OH excluding ortho intramolecular Hbond substituents is 2. The lowest BCUT2D eigenvalue weighted by Gasteiger charge is -2.38. The standard InChI is InChI=1S/C41H50N2O8S2/c1-23(45)20-43-34-13-7-27(16-28(34)21-44)41(42-2)51-37-19-30(47)11-5-25-8-14-35(48)40(50-3)39(25)31-12-6-24-4-10-29(46)18-32(24)33(31)22-52-53-38-15-9-26(37)17-36(38)49/h4,6-8,10,12-14,16,18,23,26,36-38,41-46,48-49H,5,9,11,15,17,19-22H2,1-3H3/t23-,26+,36-,37+,38+,41+/m0/s1. The summed E-state index contributed by atoms with van der Waals surface area (Å²) < 4.78 is 12.6. The number of benzene rings is 4. The third-order valence-electron chi connectivity index (χ3n) is 10.4. The fraction of sp³-hybridized carbons (Fsp3) is 0.439. The van der Waals surface area contributed by atoms with Gasteiger partial charge >= 0.3 is 0 Å². The summed E-state index contributed by atoms with van der Waals surface area (Å²) in [6.07, 6.45) is 0.659. The van der Waals surface area contributed by atoms with E-state index in [0.717, 1.165) is 51.6 Å².